The number of fused-ring (bicyclic) bond motifs is 1. The molecule has 0 aliphatic heterocycles. The Bertz CT molecular complexity index is 503. The molecule has 0 saturated heterocycles. The number of benzene rings is 1. The minimum atomic E-state index is -0.152. The number of aliphatic hydroxyl groups excluding tert-OH is 1. The summed E-state index contributed by atoms with van der Waals surface area (Å²) in [6, 6.07) is 8.35. The molecule has 2 aromatic rings. The van der Waals surface area contributed by atoms with Crippen molar-refractivity contribution in [1.82, 2.24) is 10.2 Å². The molecule has 3 rings (SSSR count). The van der Waals surface area contributed by atoms with Gasteiger partial charge in [0.1, 0.15) is 0 Å². The van der Waals surface area contributed by atoms with Crippen molar-refractivity contribution in [1.29, 1.82) is 0 Å². The summed E-state index contributed by atoms with van der Waals surface area (Å²) in [5.74, 6) is 0.815. The average molecular weight is 215 g/mol. The van der Waals surface area contributed by atoms with E-state index in [9.17, 15) is 5.11 Å². The molecule has 0 amide bonds. The number of nitrogens with one attached hydrogen (secondary N) is 1. The molecule has 82 valence electrons. The van der Waals surface area contributed by atoms with E-state index in [1.54, 1.807) is 6.20 Å². The average Bonchev–Trinajstić information content (AvgIpc) is 2.27. The third-order valence-electron chi connectivity index (χ3n) is 3.02. The van der Waals surface area contributed by atoms with Crippen LogP contribution in [0.4, 0.5) is 5.82 Å². The number of aliphatic hydroxyl groups is 1. The van der Waals surface area contributed by atoms with Crippen LogP contribution in [-0.4, -0.2) is 27.4 Å². The lowest BCUT2D eigenvalue weighted by molar-refractivity contribution is 0.0835. The molecule has 1 aliphatic rings. The molecule has 0 bridgehead atoms. The fourth-order valence-corrected chi connectivity index (χ4v) is 2.03. The Morgan fingerprint density at radius 3 is 2.88 bits per heavy atom. The molecule has 1 heterocycles. The monoisotopic (exact) mass is 215 g/mol. The first-order valence-electron chi connectivity index (χ1n) is 5.48. The standard InChI is InChI=1S/C12H13N3O/c16-10-5-9(6-10)14-12-11-4-2-1-3-8(11)7-13-15-12/h1-4,7,9-10,16H,5-6H2,(H,14,15). The first-order valence-corrected chi connectivity index (χ1v) is 5.48. The van der Waals surface area contributed by atoms with E-state index in [-0.39, 0.29) is 6.10 Å². The topological polar surface area (TPSA) is 58.0 Å². The highest BCUT2D eigenvalue weighted by molar-refractivity contribution is 5.90. The lowest BCUT2D eigenvalue weighted by Gasteiger charge is -2.32. The van der Waals surface area contributed by atoms with E-state index in [0.717, 1.165) is 29.4 Å². The first kappa shape index (κ1) is 9.54. The van der Waals surface area contributed by atoms with E-state index in [1.807, 2.05) is 24.3 Å². The van der Waals surface area contributed by atoms with Crippen molar-refractivity contribution in [2.45, 2.75) is 25.0 Å². The third kappa shape index (κ3) is 1.61. The number of hydrogen-bond acceptors (Lipinski definition) is 4. The summed E-state index contributed by atoms with van der Waals surface area (Å²) in [6.45, 7) is 0. The normalized spacial score (nSPS) is 24.1. The summed E-state index contributed by atoms with van der Waals surface area (Å²) in [7, 11) is 0. The SMILES string of the molecule is OC1CC(Nc2nncc3ccccc23)C1. The van der Waals surface area contributed by atoms with Crippen LogP contribution in [0, 0.1) is 0 Å². The van der Waals surface area contributed by atoms with Gasteiger partial charge in [-0.25, -0.2) is 0 Å². The Hall–Kier alpha value is -1.68. The van der Waals surface area contributed by atoms with Crippen LogP contribution in [0.5, 0.6) is 0 Å². The first-order chi connectivity index (χ1) is 7.83. The minimum Gasteiger partial charge on any atom is -0.393 e. The zero-order chi connectivity index (χ0) is 11.0. The molecule has 1 aromatic heterocycles. The molecule has 0 atom stereocenters. The molecule has 1 aromatic carbocycles. The van der Waals surface area contributed by atoms with Crippen LogP contribution < -0.4 is 5.32 Å². The van der Waals surface area contributed by atoms with Gasteiger partial charge in [-0.2, -0.15) is 5.10 Å². The highest BCUT2D eigenvalue weighted by atomic mass is 16.3. The molecular formula is C12H13N3O. The molecular weight excluding hydrogens is 202 g/mol. The van der Waals surface area contributed by atoms with Gasteiger partial charge in [-0.3, -0.25) is 0 Å². The van der Waals surface area contributed by atoms with Crippen molar-refractivity contribution in [2.75, 3.05) is 5.32 Å². The predicted octanol–water partition coefficient (Wildman–Crippen LogP) is 1.56. The van der Waals surface area contributed by atoms with Crippen LogP contribution in [0.1, 0.15) is 12.8 Å². The largest absolute Gasteiger partial charge is 0.393 e. The third-order valence-corrected chi connectivity index (χ3v) is 3.02. The molecule has 0 spiro atoms. The Morgan fingerprint density at radius 2 is 2.06 bits per heavy atom. The number of hydrogen-bond donors (Lipinski definition) is 2. The van der Waals surface area contributed by atoms with Gasteiger partial charge in [-0.15, -0.1) is 5.10 Å². The van der Waals surface area contributed by atoms with Crippen LogP contribution in [0.15, 0.2) is 30.5 Å². The van der Waals surface area contributed by atoms with Gasteiger partial charge >= 0.3 is 0 Å². The van der Waals surface area contributed by atoms with Crippen LogP contribution in [0.3, 0.4) is 0 Å². The number of aromatic nitrogens is 2. The second-order valence-electron chi connectivity index (χ2n) is 4.25. The summed E-state index contributed by atoms with van der Waals surface area (Å²) in [4.78, 5) is 0. The molecule has 16 heavy (non-hydrogen) atoms. The minimum absolute atomic E-state index is 0.152. The highest BCUT2D eigenvalue weighted by Gasteiger charge is 2.27. The van der Waals surface area contributed by atoms with Gasteiger partial charge < -0.3 is 10.4 Å². The van der Waals surface area contributed by atoms with Crippen LogP contribution in [-0.2, 0) is 0 Å². The van der Waals surface area contributed by atoms with E-state index in [2.05, 4.69) is 15.5 Å². The van der Waals surface area contributed by atoms with Crippen molar-refractivity contribution < 1.29 is 5.11 Å². The zero-order valence-electron chi connectivity index (χ0n) is 8.80. The maximum Gasteiger partial charge on any atom is 0.156 e. The summed E-state index contributed by atoms with van der Waals surface area (Å²) >= 11 is 0. The van der Waals surface area contributed by atoms with Gasteiger partial charge in [0, 0.05) is 16.8 Å². The van der Waals surface area contributed by atoms with E-state index in [4.69, 9.17) is 0 Å². The molecule has 1 fully saturated rings. The predicted molar refractivity (Wildman–Crippen MR) is 62.2 cm³/mol. The van der Waals surface area contributed by atoms with Gasteiger partial charge in [-0.1, -0.05) is 24.3 Å². The molecule has 1 aliphatic carbocycles. The molecule has 4 nitrogen and oxygen atoms in total. The Kier molecular flexibility index (Phi) is 2.22. The lowest BCUT2D eigenvalue weighted by atomic mass is 9.89. The maximum absolute atomic E-state index is 9.23. The van der Waals surface area contributed by atoms with Crippen LogP contribution in [0.25, 0.3) is 10.8 Å². The molecule has 2 N–H and O–H groups in total. The van der Waals surface area contributed by atoms with Gasteiger partial charge in [0.05, 0.1) is 12.3 Å². The summed E-state index contributed by atoms with van der Waals surface area (Å²) in [5.41, 5.74) is 0. The second kappa shape index (κ2) is 3.72. The highest BCUT2D eigenvalue weighted by Crippen LogP contribution is 2.26. The van der Waals surface area contributed by atoms with Crippen molar-refractivity contribution in [3.05, 3.63) is 30.5 Å². The number of rotatable bonds is 2. The summed E-state index contributed by atoms with van der Waals surface area (Å²) in [5, 5.41) is 22.8. The van der Waals surface area contributed by atoms with E-state index < -0.39 is 0 Å². The zero-order valence-corrected chi connectivity index (χ0v) is 8.80. The van der Waals surface area contributed by atoms with Crippen LogP contribution >= 0.6 is 0 Å². The van der Waals surface area contributed by atoms with Crippen molar-refractivity contribution >= 4 is 16.6 Å². The van der Waals surface area contributed by atoms with Gasteiger partial charge in [0.2, 0.25) is 0 Å². The Morgan fingerprint density at radius 1 is 1.25 bits per heavy atom. The summed E-state index contributed by atoms with van der Waals surface area (Å²) in [6.07, 6.45) is 3.20. The quantitative estimate of drug-likeness (QED) is 0.798. The van der Waals surface area contributed by atoms with E-state index >= 15 is 0 Å². The fourth-order valence-electron chi connectivity index (χ4n) is 2.03. The lowest BCUT2D eigenvalue weighted by Crippen LogP contribution is -2.39. The van der Waals surface area contributed by atoms with Gasteiger partial charge in [-0.05, 0) is 12.8 Å². The second-order valence-corrected chi connectivity index (χ2v) is 4.25. The number of anilines is 1. The molecule has 0 radical (unpaired) electrons. The Labute approximate surface area is 93.3 Å². The van der Waals surface area contributed by atoms with E-state index in [0.29, 0.717) is 6.04 Å². The van der Waals surface area contributed by atoms with Crippen molar-refractivity contribution in [2.24, 2.45) is 0 Å². The summed E-state index contributed by atoms with van der Waals surface area (Å²) < 4.78 is 0. The maximum atomic E-state index is 9.23. The van der Waals surface area contributed by atoms with Gasteiger partial charge in [0.15, 0.2) is 5.82 Å². The molecule has 4 heteroatoms. The number of nitrogens with zero attached hydrogens (tertiary/aromatic N) is 2. The Balaban J connectivity index is 1.91. The van der Waals surface area contributed by atoms with Gasteiger partial charge in [0.25, 0.3) is 0 Å². The smallest absolute Gasteiger partial charge is 0.156 e. The van der Waals surface area contributed by atoms with Crippen molar-refractivity contribution in [3.8, 4) is 0 Å². The van der Waals surface area contributed by atoms with Crippen molar-refractivity contribution in [3.63, 3.8) is 0 Å². The van der Waals surface area contributed by atoms with E-state index in [1.165, 1.54) is 0 Å². The fraction of sp³-hybridized carbons (Fsp3) is 0.333. The molecule has 1 saturated carbocycles. The molecule has 0 unspecified atom stereocenters. The van der Waals surface area contributed by atoms with Crippen LogP contribution in [0.2, 0.25) is 0 Å².